The van der Waals surface area contributed by atoms with Crippen LogP contribution >= 0.6 is 7.82 Å². The molecule has 0 aliphatic heterocycles. The van der Waals surface area contributed by atoms with Crippen LogP contribution in [0.2, 0.25) is 0 Å². The SMILES string of the molecule is C=C(C)C(=O)OOP(=O)(OCCCC)OCCCCCCCCCC. The van der Waals surface area contributed by atoms with Crippen LogP contribution in [-0.2, 0) is 28.0 Å². The molecule has 0 bridgehead atoms. The second-order valence-corrected chi connectivity index (χ2v) is 7.73. The van der Waals surface area contributed by atoms with Gasteiger partial charge in [0, 0.05) is 5.57 Å². The van der Waals surface area contributed by atoms with E-state index in [0.717, 1.165) is 25.7 Å². The van der Waals surface area contributed by atoms with E-state index in [4.69, 9.17) is 9.05 Å². The maximum Gasteiger partial charge on any atom is 0.511 e. The van der Waals surface area contributed by atoms with Crippen molar-refractivity contribution in [2.24, 2.45) is 0 Å². The highest BCUT2D eigenvalue weighted by molar-refractivity contribution is 7.48. The molecular formula is C18H35O6P. The summed E-state index contributed by atoms with van der Waals surface area (Å²) in [4.78, 5) is 15.8. The summed E-state index contributed by atoms with van der Waals surface area (Å²) in [6.45, 7) is 9.54. The molecule has 148 valence electrons. The fourth-order valence-corrected chi connectivity index (χ4v) is 2.99. The van der Waals surface area contributed by atoms with Crippen LogP contribution in [-0.4, -0.2) is 19.2 Å². The molecule has 0 aromatic heterocycles. The minimum absolute atomic E-state index is 0.142. The van der Waals surface area contributed by atoms with Crippen LogP contribution in [0.25, 0.3) is 0 Å². The van der Waals surface area contributed by atoms with E-state index in [1.165, 1.54) is 39.0 Å². The molecule has 0 rings (SSSR count). The molecular weight excluding hydrogens is 343 g/mol. The number of phosphoric ester groups is 1. The zero-order valence-corrected chi connectivity index (χ0v) is 17.0. The van der Waals surface area contributed by atoms with Crippen LogP contribution in [0.1, 0.15) is 85.0 Å². The summed E-state index contributed by atoms with van der Waals surface area (Å²) in [7, 11) is -3.90. The van der Waals surface area contributed by atoms with E-state index in [-0.39, 0.29) is 18.8 Å². The highest BCUT2D eigenvalue weighted by Crippen LogP contribution is 2.50. The first-order chi connectivity index (χ1) is 11.9. The lowest BCUT2D eigenvalue weighted by Gasteiger charge is -2.16. The molecule has 0 aromatic carbocycles. The number of unbranched alkanes of at least 4 members (excludes halogenated alkanes) is 8. The Morgan fingerprint density at radius 3 is 1.84 bits per heavy atom. The maximum absolute atomic E-state index is 12.4. The van der Waals surface area contributed by atoms with E-state index >= 15 is 0 Å². The van der Waals surface area contributed by atoms with E-state index in [1.54, 1.807) is 0 Å². The van der Waals surface area contributed by atoms with E-state index < -0.39 is 13.8 Å². The number of carbonyl (C=O) groups is 1. The number of rotatable bonds is 17. The van der Waals surface area contributed by atoms with Gasteiger partial charge in [0.25, 0.3) is 0 Å². The molecule has 0 aliphatic rings. The van der Waals surface area contributed by atoms with Gasteiger partial charge < -0.3 is 0 Å². The summed E-state index contributed by atoms with van der Waals surface area (Å²) in [5.74, 6) is -0.796. The molecule has 0 saturated carbocycles. The van der Waals surface area contributed by atoms with Gasteiger partial charge >= 0.3 is 13.8 Å². The number of carbonyl (C=O) groups excluding carboxylic acids is 1. The maximum atomic E-state index is 12.4. The van der Waals surface area contributed by atoms with Gasteiger partial charge in [0.05, 0.1) is 13.2 Å². The Labute approximate surface area is 152 Å². The van der Waals surface area contributed by atoms with Crippen molar-refractivity contribution in [3.63, 3.8) is 0 Å². The topological polar surface area (TPSA) is 71.1 Å². The van der Waals surface area contributed by atoms with Crippen molar-refractivity contribution in [1.82, 2.24) is 0 Å². The molecule has 0 saturated heterocycles. The zero-order valence-electron chi connectivity index (χ0n) is 16.1. The van der Waals surface area contributed by atoms with Crippen LogP contribution in [0.4, 0.5) is 0 Å². The molecule has 0 N–H and O–H groups in total. The lowest BCUT2D eigenvalue weighted by atomic mass is 10.1. The van der Waals surface area contributed by atoms with E-state index in [0.29, 0.717) is 6.42 Å². The van der Waals surface area contributed by atoms with Gasteiger partial charge in [-0.15, -0.1) is 0 Å². The molecule has 0 fully saturated rings. The largest absolute Gasteiger partial charge is 0.511 e. The second-order valence-electron chi connectivity index (χ2n) is 6.17. The van der Waals surface area contributed by atoms with Gasteiger partial charge in [0.15, 0.2) is 0 Å². The Bertz CT molecular complexity index is 410. The lowest BCUT2D eigenvalue weighted by Crippen LogP contribution is -2.09. The predicted octanol–water partition coefficient (Wildman–Crippen LogP) is 6.12. The lowest BCUT2D eigenvalue weighted by molar-refractivity contribution is -0.220. The van der Waals surface area contributed by atoms with Crippen LogP contribution < -0.4 is 0 Å². The van der Waals surface area contributed by atoms with Crippen molar-refractivity contribution in [3.05, 3.63) is 12.2 Å². The highest BCUT2D eigenvalue weighted by Gasteiger charge is 2.30. The third kappa shape index (κ3) is 14.2. The molecule has 0 heterocycles. The minimum Gasteiger partial charge on any atom is -0.285 e. The van der Waals surface area contributed by atoms with Gasteiger partial charge in [-0.1, -0.05) is 76.5 Å². The molecule has 1 atom stereocenters. The molecule has 7 heteroatoms. The Kier molecular flexibility index (Phi) is 15.1. The average Bonchev–Trinajstić information content (AvgIpc) is 2.58. The summed E-state index contributed by atoms with van der Waals surface area (Å²) < 4.78 is 27.6. The Hall–Kier alpha value is -0.680. The predicted molar refractivity (Wildman–Crippen MR) is 99.0 cm³/mol. The van der Waals surface area contributed by atoms with Gasteiger partial charge in [-0.25, -0.2) is 9.36 Å². The van der Waals surface area contributed by atoms with Crippen molar-refractivity contribution < 1.29 is 28.0 Å². The molecule has 0 aliphatic carbocycles. The summed E-state index contributed by atoms with van der Waals surface area (Å²) in [6, 6.07) is 0. The zero-order chi connectivity index (χ0) is 19.0. The molecule has 0 amide bonds. The van der Waals surface area contributed by atoms with E-state index in [9.17, 15) is 9.36 Å². The molecule has 25 heavy (non-hydrogen) atoms. The quantitative estimate of drug-likeness (QED) is 0.0998. The van der Waals surface area contributed by atoms with Gasteiger partial charge in [-0.2, -0.15) is 0 Å². The second kappa shape index (κ2) is 15.6. The minimum atomic E-state index is -3.90. The highest BCUT2D eigenvalue weighted by atomic mass is 31.2. The third-order valence-electron chi connectivity index (χ3n) is 3.55. The standard InChI is InChI=1S/C18H35O6P/c1-5-7-9-10-11-12-13-14-16-22-25(20,21-15-8-6-2)24-23-18(19)17(3)4/h3,5-16H2,1-2,4H3. The molecule has 1 unspecified atom stereocenters. The van der Waals surface area contributed by atoms with Gasteiger partial charge in [-0.3, -0.25) is 13.9 Å². The first-order valence-corrected chi connectivity index (χ1v) is 10.9. The number of phosphoric acid groups is 1. The van der Waals surface area contributed by atoms with Crippen molar-refractivity contribution >= 4 is 13.8 Å². The smallest absolute Gasteiger partial charge is 0.285 e. The molecule has 0 radical (unpaired) electrons. The Balaban J connectivity index is 4.06. The van der Waals surface area contributed by atoms with Crippen molar-refractivity contribution in [2.75, 3.05) is 13.2 Å². The van der Waals surface area contributed by atoms with Gasteiger partial charge in [0.1, 0.15) is 0 Å². The van der Waals surface area contributed by atoms with E-state index in [1.807, 2.05) is 6.92 Å². The Morgan fingerprint density at radius 2 is 1.32 bits per heavy atom. The van der Waals surface area contributed by atoms with Crippen LogP contribution in [0.3, 0.4) is 0 Å². The van der Waals surface area contributed by atoms with Crippen LogP contribution in [0.5, 0.6) is 0 Å². The van der Waals surface area contributed by atoms with E-state index in [2.05, 4.69) is 23.1 Å². The molecule has 6 nitrogen and oxygen atoms in total. The van der Waals surface area contributed by atoms with Crippen molar-refractivity contribution in [2.45, 2.75) is 85.0 Å². The summed E-state index contributed by atoms with van der Waals surface area (Å²) in [5.41, 5.74) is 0.142. The number of hydrogen-bond acceptors (Lipinski definition) is 6. The molecule has 0 spiro atoms. The summed E-state index contributed by atoms with van der Waals surface area (Å²) in [5, 5.41) is 0. The third-order valence-corrected chi connectivity index (χ3v) is 4.80. The average molecular weight is 378 g/mol. The van der Waals surface area contributed by atoms with Crippen LogP contribution in [0.15, 0.2) is 12.2 Å². The van der Waals surface area contributed by atoms with Crippen molar-refractivity contribution in [1.29, 1.82) is 0 Å². The first-order valence-electron chi connectivity index (χ1n) is 9.40. The fourth-order valence-electron chi connectivity index (χ4n) is 1.96. The van der Waals surface area contributed by atoms with Gasteiger partial charge in [0.2, 0.25) is 0 Å². The monoisotopic (exact) mass is 378 g/mol. The molecule has 0 aromatic rings. The normalized spacial score (nSPS) is 13.4. The number of hydrogen-bond donors (Lipinski definition) is 0. The summed E-state index contributed by atoms with van der Waals surface area (Å²) >= 11 is 0. The summed E-state index contributed by atoms with van der Waals surface area (Å²) in [6.07, 6.45) is 10.8. The van der Waals surface area contributed by atoms with Crippen LogP contribution in [0, 0.1) is 0 Å². The Morgan fingerprint density at radius 1 is 0.840 bits per heavy atom. The first kappa shape index (κ1) is 24.3. The van der Waals surface area contributed by atoms with Gasteiger partial charge in [-0.05, 0) is 19.8 Å². The van der Waals surface area contributed by atoms with Crippen molar-refractivity contribution in [3.8, 4) is 0 Å². The fraction of sp³-hybridized carbons (Fsp3) is 0.833.